The van der Waals surface area contributed by atoms with Gasteiger partial charge in [-0.1, -0.05) is 26.3 Å². The van der Waals surface area contributed by atoms with Gasteiger partial charge in [0.05, 0.1) is 12.0 Å². The van der Waals surface area contributed by atoms with E-state index in [0.29, 0.717) is 12.5 Å². The third kappa shape index (κ3) is 2.23. The van der Waals surface area contributed by atoms with E-state index in [1.165, 1.54) is 19.3 Å². The van der Waals surface area contributed by atoms with Crippen LogP contribution in [0, 0.1) is 23.2 Å². The van der Waals surface area contributed by atoms with Crippen LogP contribution in [0.4, 0.5) is 0 Å². The molecule has 0 radical (unpaired) electrons. The number of nitrogens with zero attached hydrogens (tertiary/aromatic N) is 1. The van der Waals surface area contributed by atoms with Gasteiger partial charge in [-0.15, -0.1) is 0 Å². The first-order valence-corrected chi connectivity index (χ1v) is 10.0. The Morgan fingerprint density at radius 3 is 3.12 bits per heavy atom. The van der Waals surface area contributed by atoms with Crippen LogP contribution in [0.5, 0.6) is 0 Å². The van der Waals surface area contributed by atoms with Crippen LogP contribution in [0.15, 0.2) is 24.5 Å². The first-order chi connectivity index (χ1) is 12.6. The lowest BCUT2D eigenvalue weighted by atomic mass is 9.53. The second-order valence-electron chi connectivity index (χ2n) is 9.04. The highest BCUT2D eigenvalue weighted by Gasteiger charge is 2.78. The third-order valence-corrected chi connectivity index (χ3v) is 7.61. The number of hydrogen-bond donors (Lipinski definition) is 1. The van der Waals surface area contributed by atoms with Gasteiger partial charge in [0.15, 0.2) is 0 Å². The monoisotopic (exact) mass is 356 g/mol. The minimum atomic E-state index is -0.0975. The molecule has 0 unspecified atom stereocenters. The molecule has 1 aromatic heterocycles. The van der Waals surface area contributed by atoms with E-state index in [1.54, 1.807) is 6.20 Å². The van der Waals surface area contributed by atoms with Crippen molar-refractivity contribution < 1.29 is 14.3 Å². The fourth-order valence-electron chi connectivity index (χ4n) is 6.34. The van der Waals surface area contributed by atoms with Crippen LogP contribution in [0.3, 0.4) is 0 Å². The van der Waals surface area contributed by atoms with Crippen molar-refractivity contribution in [3.63, 3.8) is 0 Å². The van der Waals surface area contributed by atoms with Crippen LogP contribution in [-0.2, 0) is 20.8 Å². The molecular formula is C21H28N2O3. The van der Waals surface area contributed by atoms with E-state index in [9.17, 15) is 4.79 Å². The predicted molar refractivity (Wildman–Crippen MR) is 96.1 cm³/mol. The van der Waals surface area contributed by atoms with Crippen molar-refractivity contribution in [2.45, 2.75) is 63.9 Å². The Labute approximate surface area is 154 Å². The van der Waals surface area contributed by atoms with Crippen molar-refractivity contribution in [2.24, 2.45) is 23.2 Å². The quantitative estimate of drug-likeness (QED) is 0.664. The van der Waals surface area contributed by atoms with Gasteiger partial charge in [-0.25, -0.2) is 0 Å². The highest BCUT2D eigenvalue weighted by Crippen LogP contribution is 2.70. The zero-order valence-corrected chi connectivity index (χ0v) is 15.6. The second kappa shape index (κ2) is 5.77. The number of fused-ring (bicyclic) bond motifs is 2. The highest BCUT2D eigenvalue weighted by atomic mass is 16.6. The molecule has 0 aromatic carbocycles. The van der Waals surface area contributed by atoms with Gasteiger partial charge in [-0.05, 0) is 36.8 Å². The summed E-state index contributed by atoms with van der Waals surface area (Å²) in [7, 11) is 0. The Hall–Kier alpha value is -1.46. The molecule has 1 spiro atoms. The number of epoxide rings is 1. The zero-order valence-electron chi connectivity index (χ0n) is 15.6. The summed E-state index contributed by atoms with van der Waals surface area (Å²) in [5, 5.41) is 3.44. The molecule has 0 bridgehead atoms. The summed E-state index contributed by atoms with van der Waals surface area (Å²) in [5.74, 6) is 0.642. The fourth-order valence-corrected chi connectivity index (χ4v) is 6.34. The number of carbonyl (C=O) groups excluding carboxylic acids is 1. The van der Waals surface area contributed by atoms with E-state index in [1.807, 2.05) is 18.3 Å². The number of nitrogens with one attached hydrogen (secondary N) is 1. The molecule has 5 rings (SSSR count). The number of aromatic nitrogens is 1. The van der Waals surface area contributed by atoms with Crippen molar-refractivity contribution in [3.05, 3.63) is 30.1 Å². The molecule has 1 N–H and O–H groups in total. The molecule has 26 heavy (non-hydrogen) atoms. The minimum absolute atomic E-state index is 0.0119. The number of carbonyl (C=O) groups is 1. The van der Waals surface area contributed by atoms with Crippen molar-refractivity contribution in [2.75, 3.05) is 6.54 Å². The molecule has 5 nitrogen and oxygen atoms in total. The van der Waals surface area contributed by atoms with Gasteiger partial charge in [0.25, 0.3) is 0 Å². The molecule has 0 amide bonds. The Morgan fingerprint density at radius 2 is 2.31 bits per heavy atom. The first-order valence-electron chi connectivity index (χ1n) is 10.0. The van der Waals surface area contributed by atoms with E-state index in [4.69, 9.17) is 9.47 Å². The number of rotatable bonds is 4. The van der Waals surface area contributed by atoms with Crippen LogP contribution < -0.4 is 5.32 Å². The minimum Gasteiger partial charge on any atom is -0.462 e. The molecule has 2 saturated carbocycles. The van der Waals surface area contributed by atoms with Crippen molar-refractivity contribution in [3.8, 4) is 0 Å². The lowest BCUT2D eigenvalue weighted by Gasteiger charge is -2.48. The van der Waals surface area contributed by atoms with Gasteiger partial charge < -0.3 is 14.8 Å². The zero-order chi connectivity index (χ0) is 17.9. The number of pyridine rings is 1. The molecule has 3 heterocycles. The lowest BCUT2D eigenvalue weighted by Crippen LogP contribution is -2.54. The molecule has 140 valence electrons. The summed E-state index contributed by atoms with van der Waals surface area (Å²) in [6.07, 6.45) is 8.51. The van der Waals surface area contributed by atoms with Crippen LogP contribution >= 0.6 is 0 Å². The van der Waals surface area contributed by atoms with E-state index in [0.717, 1.165) is 18.5 Å². The molecule has 4 fully saturated rings. The molecule has 1 aromatic rings. The predicted octanol–water partition coefficient (Wildman–Crippen LogP) is 2.70. The number of ether oxygens (including phenoxy) is 2. The topological polar surface area (TPSA) is 63.8 Å². The molecule has 7 atom stereocenters. The maximum Gasteiger partial charge on any atom is 0.311 e. The molecule has 4 aliphatic rings. The summed E-state index contributed by atoms with van der Waals surface area (Å²) in [6.45, 7) is 6.07. The standard InChI is InChI=1S/C21H28N2O3/c1-13-5-3-7-20(2)9-16-17(18-21(13,20)26-18)15(19(24)25-16)12-23-11-14-6-4-8-22-10-14/h4,6,8,10,13,15-18,23H,3,5,7,9,11-12H2,1-2H3/t13-,15-,16+,17+,18-,20+,21-/m0/s1. The number of hydrogen-bond acceptors (Lipinski definition) is 5. The maximum absolute atomic E-state index is 12.6. The normalized spacial score (nSPS) is 46.1. The molecule has 2 aliphatic carbocycles. The largest absolute Gasteiger partial charge is 0.462 e. The van der Waals surface area contributed by atoms with Gasteiger partial charge in [0.1, 0.15) is 11.7 Å². The average molecular weight is 356 g/mol. The third-order valence-electron chi connectivity index (χ3n) is 7.61. The smallest absolute Gasteiger partial charge is 0.311 e. The van der Waals surface area contributed by atoms with Gasteiger partial charge in [-0.3, -0.25) is 9.78 Å². The molecule has 5 heteroatoms. The van der Waals surface area contributed by atoms with Crippen molar-refractivity contribution in [1.29, 1.82) is 0 Å². The van der Waals surface area contributed by atoms with Crippen molar-refractivity contribution in [1.82, 2.24) is 10.3 Å². The summed E-state index contributed by atoms with van der Waals surface area (Å²) in [5.41, 5.74) is 1.28. The van der Waals surface area contributed by atoms with Crippen LogP contribution in [0.25, 0.3) is 0 Å². The fraction of sp³-hybridized carbons (Fsp3) is 0.714. The summed E-state index contributed by atoms with van der Waals surface area (Å²) >= 11 is 0. The van der Waals surface area contributed by atoms with E-state index in [2.05, 4.69) is 24.1 Å². The summed E-state index contributed by atoms with van der Waals surface area (Å²) < 4.78 is 12.3. The SMILES string of the molecule is C[C@H]1CCC[C@]2(C)C[C@H]3OC(=O)[C@@H](CNCc4cccnc4)[C@H]3[C@@H]3O[C@@]132. The summed E-state index contributed by atoms with van der Waals surface area (Å²) in [6, 6.07) is 3.98. The van der Waals surface area contributed by atoms with Gasteiger partial charge >= 0.3 is 5.97 Å². The van der Waals surface area contributed by atoms with E-state index in [-0.39, 0.29) is 41.0 Å². The van der Waals surface area contributed by atoms with Crippen LogP contribution in [-0.4, -0.2) is 35.3 Å². The second-order valence-corrected chi connectivity index (χ2v) is 9.04. The average Bonchev–Trinajstić information content (AvgIpc) is 3.30. The number of esters is 1. The van der Waals surface area contributed by atoms with Crippen LogP contribution in [0.2, 0.25) is 0 Å². The Morgan fingerprint density at radius 1 is 1.42 bits per heavy atom. The van der Waals surface area contributed by atoms with E-state index < -0.39 is 0 Å². The Balaban J connectivity index is 1.32. The van der Waals surface area contributed by atoms with Gasteiger partial charge in [0.2, 0.25) is 0 Å². The van der Waals surface area contributed by atoms with Gasteiger partial charge in [-0.2, -0.15) is 0 Å². The lowest BCUT2D eigenvalue weighted by molar-refractivity contribution is -0.146. The first kappa shape index (κ1) is 16.7. The molecular weight excluding hydrogens is 328 g/mol. The van der Waals surface area contributed by atoms with Crippen molar-refractivity contribution >= 4 is 5.97 Å². The van der Waals surface area contributed by atoms with Crippen LogP contribution in [0.1, 0.15) is 45.1 Å². The van der Waals surface area contributed by atoms with Gasteiger partial charge in [0, 0.05) is 36.8 Å². The molecule has 2 aliphatic heterocycles. The molecule has 2 saturated heterocycles. The summed E-state index contributed by atoms with van der Waals surface area (Å²) in [4.78, 5) is 16.7. The highest BCUT2D eigenvalue weighted by molar-refractivity contribution is 5.76. The Bertz CT molecular complexity index is 710. The Kier molecular flexibility index (Phi) is 3.70. The maximum atomic E-state index is 12.6. The van der Waals surface area contributed by atoms with E-state index >= 15 is 0 Å².